The number of rotatable bonds is 7. The summed E-state index contributed by atoms with van der Waals surface area (Å²) >= 11 is 6.23. The van der Waals surface area contributed by atoms with E-state index >= 15 is 0 Å². The molecule has 2 fully saturated rings. The van der Waals surface area contributed by atoms with Gasteiger partial charge >= 0.3 is 0 Å². The Bertz CT molecular complexity index is 556. The van der Waals surface area contributed by atoms with Crippen LogP contribution in [0, 0.1) is 5.92 Å². The van der Waals surface area contributed by atoms with E-state index in [0.29, 0.717) is 5.92 Å². The zero-order valence-electron chi connectivity index (χ0n) is 14.6. The number of nitrogens with zero attached hydrogens (tertiary/aromatic N) is 1. The molecule has 0 radical (unpaired) electrons. The molecule has 2 unspecified atom stereocenters. The molecule has 2 saturated carbocycles. The third-order valence-electron chi connectivity index (χ3n) is 5.62. The van der Waals surface area contributed by atoms with E-state index in [1.807, 2.05) is 24.3 Å². The fourth-order valence-corrected chi connectivity index (χ4v) is 4.26. The summed E-state index contributed by atoms with van der Waals surface area (Å²) in [7, 11) is 2.23. The smallest absolute Gasteiger partial charge is 0.223 e. The van der Waals surface area contributed by atoms with Crippen LogP contribution in [0.3, 0.4) is 0 Å². The summed E-state index contributed by atoms with van der Waals surface area (Å²) < 4.78 is 0. The normalized spacial score (nSPS) is 24.1. The van der Waals surface area contributed by atoms with E-state index < -0.39 is 0 Å². The van der Waals surface area contributed by atoms with Crippen molar-refractivity contribution in [2.24, 2.45) is 5.92 Å². The summed E-state index contributed by atoms with van der Waals surface area (Å²) in [4.78, 5) is 14.8. The number of halogens is 1. The molecule has 3 rings (SSSR count). The number of hydrogen-bond donors (Lipinski definition) is 1. The summed E-state index contributed by atoms with van der Waals surface area (Å²) in [5.74, 6) is 0.616. The molecule has 1 aromatic carbocycles. The van der Waals surface area contributed by atoms with Gasteiger partial charge in [0.2, 0.25) is 5.91 Å². The van der Waals surface area contributed by atoms with Crippen molar-refractivity contribution in [1.29, 1.82) is 0 Å². The molecule has 2 atom stereocenters. The van der Waals surface area contributed by atoms with Crippen molar-refractivity contribution < 1.29 is 4.79 Å². The van der Waals surface area contributed by atoms with Gasteiger partial charge in [-0.1, -0.05) is 49.1 Å². The molecule has 0 saturated heterocycles. The predicted molar refractivity (Wildman–Crippen MR) is 99.4 cm³/mol. The Morgan fingerprint density at radius 2 is 2.00 bits per heavy atom. The van der Waals surface area contributed by atoms with Crippen molar-refractivity contribution in [3.05, 3.63) is 34.9 Å². The first kappa shape index (κ1) is 17.8. The number of benzene rings is 1. The molecule has 1 amide bonds. The second kappa shape index (κ2) is 8.35. The molecule has 1 N–H and O–H groups in total. The molecule has 4 heteroatoms. The van der Waals surface area contributed by atoms with Crippen LogP contribution in [0.1, 0.15) is 56.4 Å². The fourth-order valence-electron chi connectivity index (χ4n) is 3.98. The van der Waals surface area contributed by atoms with E-state index in [-0.39, 0.29) is 11.8 Å². The summed E-state index contributed by atoms with van der Waals surface area (Å²) in [6.45, 7) is 1.85. The molecule has 2 aliphatic rings. The lowest BCUT2D eigenvalue weighted by molar-refractivity contribution is -0.122. The SMILES string of the molecule is CN(CCCNC(=O)C1CC1c1ccccc1Cl)C1CCCCC1. The average Bonchev–Trinajstić information content (AvgIpc) is 3.40. The highest BCUT2D eigenvalue weighted by molar-refractivity contribution is 6.31. The zero-order chi connectivity index (χ0) is 16.9. The van der Waals surface area contributed by atoms with Crippen LogP contribution in [0.2, 0.25) is 5.02 Å². The van der Waals surface area contributed by atoms with Crippen molar-refractivity contribution in [2.75, 3.05) is 20.1 Å². The van der Waals surface area contributed by atoms with Gasteiger partial charge in [-0.05, 0) is 56.8 Å². The number of carbonyl (C=O) groups is 1. The lowest BCUT2D eigenvalue weighted by Crippen LogP contribution is -2.36. The minimum absolute atomic E-state index is 0.112. The molecule has 1 aromatic rings. The quantitative estimate of drug-likeness (QED) is 0.748. The summed E-state index contributed by atoms with van der Waals surface area (Å²) in [5.41, 5.74) is 1.12. The second-order valence-electron chi connectivity index (χ2n) is 7.39. The van der Waals surface area contributed by atoms with Gasteiger partial charge in [-0.25, -0.2) is 0 Å². The molecule has 0 bridgehead atoms. The number of carbonyl (C=O) groups excluding carboxylic acids is 1. The van der Waals surface area contributed by atoms with Crippen LogP contribution in [-0.2, 0) is 4.79 Å². The van der Waals surface area contributed by atoms with Gasteiger partial charge in [0.15, 0.2) is 0 Å². The maximum Gasteiger partial charge on any atom is 0.223 e. The van der Waals surface area contributed by atoms with Gasteiger partial charge in [0.05, 0.1) is 0 Å². The zero-order valence-corrected chi connectivity index (χ0v) is 15.4. The first-order valence-electron chi connectivity index (χ1n) is 9.39. The second-order valence-corrected chi connectivity index (χ2v) is 7.79. The summed E-state index contributed by atoms with van der Waals surface area (Å²) in [6.07, 6.45) is 8.77. The highest BCUT2D eigenvalue weighted by atomic mass is 35.5. The van der Waals surface area contributed by atoms with Gasteiger partial charge in [-0.2, -0.15) is 0 Å². The lowest BCUT2D eigenvalue weighted by atomic mass is 9.94. The van der Waals surface area contributed by atoms with Crippen molar-refractivity contribution >= 4 is 17.5 Å². The fraction of sp³-hybridized carbons (Fsp3) is 0.650. The summed E-state index contributed by atoms with van der Waals surface area (Å²) in [5, 5.41) is 3.90. The van der Waals surface area contributed by atoms with E-state index in [1.54, 1.807) is 0 Å². The molecular weight excluding hydrogens is 320 g/mol. The number of nitrogens with one attached hydrogen (secondary N) is 1. The molecule has 0 aromatic heterocycles. The molecular formula is C20H29ClN2O. The van der Waals surface area contributed by atoms with Crippen molar-refractivity contribution in [3.8, 4) is 0 Å². The van der Waals surface area contributed by atoms with Crippen LogP contribution in [0.5, 0.6) is 0 Å². The average molecular weight is 349 g/mol. The molecule has 0 spiro atoms. The lowest BCUT2D eigenvalue weighted by Gasteiger charge is -2.31. The van der Waals surface area contributed by atoms with Crippen LogP contribution in [0.25, 0.3) is 0 Å². The molecule has 0 aliphatic heterocycles. The van der Waals surface area contributed by atoms with Gasteiger partial charge in [0.1, 0.15) is 0 Å². The van der Waals surface area contributed by atoms with E-state index in [1.165, 1.54) is 32.1 Å². The van der Waals surface area contributed by atoms with Crippen LogP contribution in [0.15, 0.2) is 24.3 Å². The monoisotopic (exact) mass is 348 g/mol. The first-order chi connectivity index (χ1) is 11.7. The number of amides is 1. The van der Waals surface area contributed by atoms with Gasteiger partial charge in [0, 0.05) is 23.5 Å². The van der Waals surface area contributed by atoms with Gasteiger partial charge in [-0.3, -0.25) is 4.79 Å². The standard InChI is InChI=1S/C20H29ClN2O/c1-23(15-8-3-2-4-9-15)13-7-12-22-20(24)18-14-17(18)16-10-5-6-11-19(16)21/h5-6,10-11,15,17-18H,2-4,7-9,12-14H2,1H3,(H,22,24). The highest BCUT2D eigenvalue weighted by Gasteiger charge is 2.44. The minimum Gasteiger partial charge on any atom is -0.356 e. The largest absolute Gasteiger partial charge is 0.356 e. The maximum atomic E-state index is 12.3. The molecule has 3 nitrogen and oxygen atoms in total. The molecule has 0 heterocycles. The van der Waals surface area contributed by atoms with E-state index in [4.69, 9.17) is 11.6 Å². The Kier molecular flexibility index (Phi) is 6.18. The predicted octanol–water partition coefficient (Wildman–Crippen LogP) is 4.21. The van der Waals surface area contributed by atoms with E-state index in [2.05, 4.69) is 17.3 Å². The summed E-state index contributed by atoms with van der Waals surface area (Å²) in [6, 6.07) is 8.63. The van der Waals surface area contributed by atoms with Crippen LogP contribution in [-0.4, -0.2) is 37.0 Å². The van der Waals surface area contributed by atoms with Crippen LogP contribution < -0.4 is 5.32 Å². The van der Waals surface area contributed by atoms with E-state index in [0.717, 1.165) is 42.6 Å². The Morgan fingerprint density at radius 3 is 2.75 bits per heavy atom. The van der Waals surface area contributed by atoms with Gasteiger partial charge in [-0.15, -0.1) is 0 Å². The van der Waals surface area contributed by atoms with E-state index in [9.17, 15) is 4.79 Å². The Labute approximate surface area is 150 Å². The highest BCUT2D eigenvalue weighted by Crippen LogP contribution is 2.49. The molecule has 132 valence electrons. The molecule has 24 heavy (non-hydrogen) atoms. The minimum atomic E-state index is 0.112. The van der Waals surface area contributed by atoms with Crippen molar-refractivity contribution in [2.45, 2.75) is 56.9 Å². The number of hydrogen-bond acceptors (Lipinski definition) is 2. The molecule has 2 aliphatic carbocycles. The Hall–Kier alpha value is -1.06. The topological polar surface area (TPSA) is 32.3 Å². The third-order valence-corrected chi connectivity index (χ3v) is 5.96. The van der Waals surface area contributed by atoms with Crippen molar-refractivity contribution in [1.82, 2.24) is 10.2 Å². The van der Waals surface area contributed by atoms with Crippen LogP contribution >= 0.6 is 11.6 Å². The third kappa shape index (κ3) is 4.52. The van der Waals surface area contributed by atoms with Gasteiger partial charge < -0.3 is 10.2 Å². The Morgan fingerprint density at radius 1 is 1.25 bits per heavy atom. The first-order valence-corrected chi connectivity index (χ1v) is 9.77. The Balaban J connectivity index is 1.34. The van der Waals surface area contributed by atoms with Crippen LogP contribution in [0.4, 0.5) is 0 Å². The van der Waals surface area contributed by atoms with Gasteiger partial charge in [0.25, 0.3) is 0 Å². The maximum absolute atomic E-state index is 12.3. The van der Waals surface area contributed by atoms with Crippen molar-refractivity contribution in [3.63, 3.8) is 0 Å².